The lowest BCUT2D eigenvalue weighted by atomic mass is 9.77. The summed E-state index contributed by atoms with van der Waals surface area (Å²) in [6, 6.07) is 5.26. The summed E-state index contributed by atoms with van der Waals surface area (Å²) in [6.07, 6.45) is 4.34. The number of nitrogens with one attached hydrogen (secondary N) is 1. The number of ether oxygens (including phenoxy) is 1. The van der Waals surface area contributed by atoms with Crippen molar-refractivity contribution in [3.8, 4) is 5.75 Å². The number of halogens is 1. The molecule has 0 spiro atoms. The van der Waals surface area contributed by atoms with E-state index in [4.69, 9.17) is 4.74 Å². The number of hydrogen-bond acceptors (Lipinski definition) is 2. The van der Waals surface area contributed by atoms with E-state index in [-0.39, 0.29) is 11.4 Å². The number of aryl methyl sites for hydroxylation is 1. The number of hydrogen-bond donors (Lipinski definition) is 1. The first kappa shape index (κ1) is 14.3. The molecule has 0 atom stereocenters. The molecule has 1 aromatic carbocycles. The van der Waals surface area contributed by atoms with Crippen LogP contribution in [0, 0.1) is 12.7 Å². The van der Waals surface area contributed by atoms with Crippen molar-refractivity contribution in [2.24, 2.45) is 0 Å². The maximum atomic E-state index is 13.3. The Kier molecular flexibility index (Phi) is 4.46. The molecule has 0 radical (unpaired) electrons. The van der Waals surface area contributed by atoms with Crippen LogP contribution in [0.5, 0.6) is 5.75 Å². The third-order valence-corrected chi connectivity index (χ3v) is 3.87. The molecule has 0 heterocycles. The zero-order valence-corrected chi connectivity index (χ0v) is 12.1. The molecule has 19 heavy (non-hydrogen) atoms. The Hall–Kier alpha value is -1.09. The van der Waals surface area contributed by atoms with Crippen LogP contribution >= 0.6 is 0 Å². The molecule has 1 saturated carbocycles. The van der Waals surface area contributed by atoms with E-state index in [1.165, 1.54) is 18.6 Å². The molecule has 1 aromatic rings. The normalized spacial score (nSPS) is 17.3. The van der Waals surface area contributed by atoms with Crippen molar-refractivity contribution in [1.29, 1.82) is 0 Å². The van der Waals surface area contributed by atoms with Gasteiger partial charge in [-0.25, -0.2) is 4.39 Å². The maximum absolute atomic E-state index is 13.3. The lowest BCUT2D eigenvalue weighted by Gasteiger charge is -2.42. The lowest BCUT2D eigenvalue weighted by molar-refractivity contribution is -0.0152. The van der Waals surface area contributed by atoms with E-state index >= 15 is 0 Å². The summed E-state index contributed by atoms with van der Waals surface area (Å²) < 4.78 is 19.5. The van der Waals surface area contributed by atoms with Crippen molar-refractivity contribution < 1.29 is 9.13 Å². The van der Waals surface area contributed by atoms with E-state index < -0.39 is 0 Å². The van der Waals surface area contributed by atoms with Gasteiger partial charge in [0, 0.05) is 12.1 Å². The number of rotatable bonds is 6. The van der Waals surface area contributed by atoms with Gasteiger partial charge in [0.2, 0.25) is 0 Å². The molecular formula is C16H24FNO. The molecule has 0 aromatic heterocycles. The third kappa shape index (κ3) is 3.69. The fourth-order valence-electron chi connectivity index (χ4n) is 2.48. The molecule has 1 aliphatic rings. The molecule has 0 saturated heterocycles. The van der Waals surface area contributed by atoms with Crippen molar-refractivity contribution in [3.63, 3.8) is 0 Å². The number of benzene rings is 1. The third-order valence-electron chi connectivity index (χ3n) is 3.87. The van der Waals surface area contributed by atoms with Gasteiger partial charge in [-0.1, -0.05) is 19.9 Å². The molecule has 0 bridgehead atoms. The molecule has 0 aliphatic heterocycles. The van der Waals surface area contributed by atoms with Crippen LogP contribution in [0.15, 0.2) is 18.2 Å². The highest BCUT2D eigenvalue weighted by Crippen LogP contribution is 2.40. The molecule has 106 valence electrons. The first-order valence-electron chi connectivity index (χ1n) is 7.19. The van der Waals surface area contributed by atoms with Crippen molar-refractivity contribution in [2.45, 2.75) is 58.1 Å². The van der Waals surface area contributed by atoms with Gasteiger partial charge >= 0.3 is 0 Å². The summed E-state index contributed by atoms with van der Waals surface area (Å²) in [7, 11) is 0. The summed E-state index contributed by atoms with van der Waals surface area (Å²) in [5.41, 5.74) is 0.921. The summed E-state index contributed by atoms with van der Waals surface area (Å²) in [5.74, 6) is 0.472. The van der Waals surface area contributed by atoms with Gasteiger partial charge in [-0.2, -0.15) is 0 Å². The second-order valence-corrected chi connectivity index (χ2v) is 5.91. The molecule has 3 heteroatoms. The molecule has 1 N–H and O–H groups in total. The zero-order valence-electron chi connectivity index (χ0n) is 12.1. The van der Waals surface area contributed by atoms with Gasteiger partial charge in [-0.05, 0) is 50.8 Å². The first-order valence-corrected chi connectivity index (χ1v) is 7.19. The van der Waals surface area contributed by atoms with Crippen LogP contribution < -0.4 is 10.1 Å². The average Bonchev–Trinajstić information content (AvgIpc) is 2.30. The Morgan fingerprint density at radius 3 is 2.68 bits per heavy atom. The smallest absolute Gasteiger partial charge is 0.126 e. The Morgan fingerprint density at radius 1 is 1.37 bits per heavy atom. The summed E-state index contributed by atoms with van der Waals surface area (Å²) >= 11 is 0. The van der Waals surface area contributed by atoms with E-state index in [0.29, 0.717) is 11.8 Å². The van der Waals surface area contributed by atoms with E-state index in [1.807, 2.05) is 6.92 Å². The Balaban J connectivity index is 1.99. The first-order chi connectivity index (χ1) is 9.01. The molecule has 1 aliphatic carbocycles. The molecule has 2 nitrogen and oxygen atoms in total. The zero-order chi connectivity index (χ0) is 13.9. The Labute approximate surface area is 115 Å². The Bertz CT molecular complexity index is 427. The van der Waals surface area contributed by atoms with Crippen molar-refractivity contribution >= 4 is 0 Å². The predicted molar refractivity (Wildman–Crippen MR) is 76.1 cm³/mol. The van der Waals surface area contributed by atoms with Crippen LogP contribution in [-0.2, 0) is 0 Å². The van der Waals surface area contributed by atoms with E-state index in [0.717, 1.165) is 31.4 Å². The Morgan fingerprint density at radius 2 is 2.11 bits per heavy atom. The second kappa shape index (κ2) is 5.91. The fourth-order valence-corrected chi connectivity index (χ4v) is 2.48. The second-order valence-electron chi connectivity index (χ2n) is 5.91. The maximum Gasteiger partial charge on any atom is 0.126 e. The molecule has 1 fully saturated rings. The summed E-state index contributed by atoms with van der Waals surface area (Å²) in [5, 5.41) is 3.43. The van der Waals surface area contributed by atoms with Gasteiger partial charge in [-0.3, -0.25) is 0 Å². The van der Waals surface area contributed by atoms with Crippen LogP contribution in [-0.4, -0.2) is 18.2 Å². The largest absolute Gasteiger partial charge is 0.487 e. The van der Waals surface area contributed by atoms with Crippen molar-refractivity contribution in [1.82, 2.24) is 5.32 Å². The predicted octanol–water partition coefficient (Wildman–Crippen LogP) is 3.82. The standard InChI is InChI=1S/C16H24FNO/c1-12(2)18-10-9-16(7-4-8-16)19-15-11-14(17)6-5-13(15)3/h5-6,11-12,18H,4,7-10H2,1-3H3. The van der Waals surface area contributed by atoms with Gasteiger partial charge in [0.05, 0.1) is 0 Å². The van der Waals surface area contributed by atoms with Crippen molar-refractivity contribution in [3.05, 3.63) is 29.6 Å². The monoisotopic (exact) mass is 265 g/mol. The minimum absolute atomic E-state index is 0.0829. The quantitative estimate of drug-likeness (QED) is 0.844. The van der Waals surface area contributed by atoms with Gasteiger partial charge in [0.1, 0.15) is 17.2 Å². The van der Waals surface area contributed by atoms with Gasteiger partial charge in [0.15, 0.2) is 0 Å². The highest BCUT2D eigenvalue weighted by Gasteiger charge is 2.39. The minimum atomic E-state index is -0.227. The van der Waals surface area contributed by atoms with Crippen LogP contribution in [0.25, 0.3) is 0 Å². The van der Waals surface area contributed by atoms with E-state index in [2.05, 4.69) is 19.2 Å². The van der Waals surface area contributed by atoms with Gasteiger partial charge in [-0.15, -0.1) is 0 Å². The molecule has 0 amide bonds. The van der Waals surface area contributed by atoms with Crippen molar-refractivity contribution in [2.75, 3.05) is 6.54 Å². The fraction of sp³-hybridized carbons (Fsp3) is 0.625. The molecule has 0 unspecified atom stereocenters. The molecular weight excluding hydrogens is 241 g/mol. The summed E-state index contributed by atoms with van der Waals surface area (Å²) in [6.45, 7) is 7.20. The van der Waals surface area contributed by atoms with Crippen LogP contribution in [0.1, 0.15) is 45.1 Å². The minimum Gasteiger partial charge on any atom is -0.487 e. The van der Waals surface area contributed by atoms with E-state index in [1.54, 1.807) is 6.07 Å². The van der Waals surface area contributed by atoms with Crippen LogP contribution in [0.4, 0.5) is 4.39 Å². The lowest BCUT2D eigenvalue weighted by Crippen LogP contribution is -2.46. The summed E-state index contributed by atoms with van der Waals surface area (Å²) in [4.78, 5) is 0. The van der Waals surface area contributed by atoms with Gasteiger partial charge in [0.25, 0.3) is 0 Å². The highest BCUT2D eigenvalue weighted by atomic mass is 19.1. The molecule has 2 rings (SSSR count). The van der Waals surface area contributed by atoms with E-state index in [9.17, 15) is 4.39 Å². The van der Waals surface area contributed by atoms with Crippen LogP contribution in [0.3, 0.4) is 0 Å². The highest BCUT2D eigenvalue weighted by molar-refractivity contribution is 5.33. The van der Waals surface area contributed by atoms with Crippen LogP contribution in [0.2, 0.25) is 0 Å². The topological polar surface area (TPSA) is 21.3 Å². The van der Waals surface area contributed by atoms with Gasteiger partial charge < -0.3 is 10.1 Å². The average molecular weight is 265 g/mol. The SMILES string of the molecule is Cc1ccc(F)cc1OC1(CCNC(C)C)CCC1.